The third-order valence-corrected chi connectivity index (χ3v) is 5.33. The molecular weight excluding hydrogens is 314 g/mol. The molecule has 3 unspecified atom stereocenters. The minimum atomic E-state index is -0.645. The number of ether oxygens (including phenoxy) is 1. The van der Waals surface area contributed by atoms with Gasteiger partial charge in [0.15, 0.2) is 0 Å². The van der Waals surface area contributed by atoms with Crippen molar-refractivity contribution in [3.05, 3.63) is 71.8 Å². The quantitative estimate of drug-likeness (QED) is 0.934. The second-order valence-corrected chi connectivity index (χ2v) is 6.96. The van der Waals surface area contributed by atoms with E-state index in [1.807, 2.05) is 62.4 Å². The minimum absolute atomic E-state index is 0.0699. The van der Waals surface area contributed by atoms with Crippen LogP contribution in [-0.2, 0) is 10.3 Å². The van der Waals surface area contributed by atoms with E-state index in [9.17, 15) is 4.79 Å². The predicted molar refractivity (Wildman–Crippen MR) is 96.1 cm³/mol. The zero-order chi connectivity index (χ0) is 17.6. The number of carbonyl (C=O) groups is 1. The second kappa shape index (κ2) is 5.86. The van der Waals surface area contributed by atoms with Crippen LogP contribution in [0.25, 0.3) is 0 Å². The first-order valence-corrected chi connectivity index (χ1v) is 8.54. The van der Waals surface area contributed by atoms with Crippen LogP contribution in [-0.4, -0.2) is 55.3 Å². The van der Waals surface area contributed by atoms with Gasteiger partial charge in [-0.05, 0) is 25.2 Å². The third kappa shape index (κ3) is 2.27. The Bertz CT molecular complexity index is 724. The highest BCUT2D eigenvalue weighted by Gasteiger charge is 2.65. The summed E-state index contributed by atoms with van der Waals surface area (Å²) >= 11 is 0. The summed E-state index contributed by atoms with van der Waals surface area (Å²) in [5.74, 6) is 0. The molecule has 0 saturated carbocycles. The van der Waals surface area contributed by atoms with E-state index in [1.165, 1.54) is 0 Å². The van der Waals surface area contributed by atoms with Gasteiger partial charge in [0, 0.05) is 7.05 Å². The Labute approximate surface area is 148 Å². The first-order valence-electron chi connectivity index (χ1n) is 8.54. The van der Waals surface area contributed by atoms with Crippen molar-refractivity contribution < 1.29 is 9.53 Å². The Morgan fingerprint density at radius 1 is 1.00 bits per heavy atom. The summed E-state index contributed by atoms with van der Waals surface area (Å²) in [6.07, 6.45) is -0.243. The van der Waals surface area contributed by atoms with Crippen molar-refractivity contribution in [1.29, 1.82) is 0 Å². The average molecular weight is 337 g/mol. The van der Waals surface area contributed by atoms with E-state index < -0.39 is 5.60 Å². The molecule has 4 rings (SSSR count). The van der Waals surface area contributed by atoms with Gasteiger partial charge in [-0.15, -0.1) is 0 Å². The number of amides is 2. The van der Waals surface area contributed by atoms with E-state index in [4.69, 9.17) is 4.74 Å². The molecule has 2 fully saturated rings. The number of benzene rings is 2. The number of likely N-dealkylation sites (N-methyl/N-ethyl adjacent to an activating group) is 2. The average Bonchev–Trinajstić information content (AvgIpc) is 2.61. The monoisotopic (exact) mass is 337 g/mol. The van der Waals surface area contributed by atoms with Gasteiger partial charge in [0.2, 0.25) is 0 Å². The van der Waals surface area contributed by atoms with Gasteiger partial charge in [0.05, 0.1) is 0 Å². The Morgan fingerprint density at radius 3 is 2.00 bits per heavy atom. The van der Waals surface area contributed by atoms with Crippen molar-refractivity contribution >= 4 is 6.03 Å². The van der Waals surface area contributed by atoms with Crippen molar-refractivity contribution in [1.82, 2.24) is 15.1 Å². The summed E-state index contributed by atoms with van der Waals surface area (Å²) in [7, 11) is 5.77. The highest BCUT2D eigenvalue weighted by molar-refractivity contribution is 5.77. The molecule has 1 N–H and O–H groups in total. The molecule has 2 heterocycles. The lowest BCUT2D eigenvalue weighted by molar-refractivity contribution is -0.270. The van der Waals surface area contributed by atoms with Crippen LogP contribution in [0.1, 0.15) is 11.1 Å². The number of urea groups is 1. The predicted octanol–water partition coefficient (Wildman–Crippen LogP) is 2.24. The van der Waals surface area contributed by atoms with Gasteiger partial charge in [-0.25, -0.2) is 4.79 Å². The molecule has 5 nitrogen and oxygen atoms in total. The summed E-state index contributed by atoms with van der Waals surface area (Å²) in [6.45, 7) is 0. The van der Waals surface area contributed by atoms with Gasteiger partial charge in [-0.3, -0.25) is 4.90 Å². The van der Waals surface area contributed by atoms with Crippen LogP contribution in [0, 0.1) is 0 Å². The molecule has 2 saturated heterocycles. The fourth-order valence-electron chi connectivity index (χ4n) is 4.11. The minimum Gasteiger partial charge on any atom is -0.354 e. The first kappa shape index (κ1) is 16.1. The van der Waals surface area contributed by atoms with E-state index in [2.05, 4.69) is 29.6 Å². The first-order chi connectivity index (χ1) is 12.1. The normalized spacial score (nSPS) is 27.4. The molecular formula is C20H23N3O2. The maximum atomic E-state index is 12.6. The van der Waals surface area contributed by atoms with E-state index in [0.29, 0.717) is 0 Å². The van der Waals surface area contributed by atoms with Gasteiger partial charge in [0.1, 0.15) is 23.9 Å². The van der Waals surface area contributed by atoms with E-state index in [1.54, 1.807) is 4.90 Å². The molecule has 0 spiro atoms. The number of carbonyl (C=O) groups excluding carboxylic acids is 1. The summed E-state index contributed by atoms with van der Waals surface area (Å²) in [4.78, 5) is 16.4. The lowest BCUT2D eigenvalue weighted by Crippen LogP contribution is -2.80. The molecule has 0 radical (unpaired) electrons. The van der Waals surface area contributed by atoms with E-state index in [0.717, 1.165) is 11.1 Å². The second-order valence-electron chi connectivity index (χ2n) is 6.96. The van der Waals surface area contributed by atoms with Crippen LogP contribution < -0.4 is 5.32 Å². The Morgan fingerprint density at radius 2 is 1.52 bits per heavy atom. The molecule has 2 aromatic carbocycles. The number of hydrogen-bond donors (Lipinski definition) is 1. The van der Waals surface area contributed by atoms with Crippen LogP contribution in [0.2, 0.25) is 0 Å². The van der Waals surface area contributed by atoms with Crippen molar-refractivity contribution in [2.24, 2.45) is 0 Å². The lowest BCUT2D eigenvalue weighted by atomic mass is 9.70. The number of nitrogens with one attached hydrogen (secondary N) is 1. The number of hydrogen-bond acceptors (Lipinski definition) is 3. The molecule has 5 heteroatoms. The number of nitrogens with zero attached hydrogens (tertiary/aromatic N) is 2. The molecule has 3 atom stereocenters. The van der Waals surface area contributed by atoms with Gasteiger partial charge < -0.3 is 15.0 Å². The summed E-state index contributed by atoms with van der Waals surface area (Å²) in [5, 5.41) is 3.03. The standard InChI is InChI=1S/C20H23N3O2/c1-22(2)18-16-17(23(3)19(24)21-18)20(25-16,14-10-6-4-7-11-14)15-12-8-5-9-13-15/h4-13,16-18H,1-3H3,(H,21,24). The van der Waals surface area contributed by atoms with E-state index >= 15 is 0 Å². The fourth-order valence-corrected chi connectivity index (χ4v) is 4.11. The zero-order valence-electron chi connectivity index (χ0n) is 14.7. The smallest absolute Gasteiger partial charge is 0.318 e. The molecule has 0 aliphatic carbocycles. The Balaban J connectivity index is 1.85. The molecule has 2 aliphatic rings. The summed E-state index contributed by atoms with van der Waals surface area (Å²) in [5.41, 5.74) is 1.50. The highest BCUT2D eigenvalue weighted by Crippen LogP contribution is 2.51. The summed E-state index contributed by atoms with van der Waals surface area (Å²) in [6, 6.07) is 20.2. The van der Waals surface area contributed by atoms with Crippen LogP contribution in [0.4, 0.5) is 4.79 Å². The molecule has 2 aromatic rings. The van der Waals surface area contributed by atoms with Gasteiger partial charge >= 0.3 is 6.03 Å². The van der Waals surface area contributed by atoms with Crippen molar-refractivity contribution in [3.8, 4) is 0 Å². The lowest BCUT2D eigenvalue weighted by Gasteiger charge is -2.63. The fraction of sp³-hybridized carbons (Fsp3) is 0.350. The topological polar surface area (TPSA) is 44.8 Å². The number of rotatable bonds is 3. The Hall–Kier alpha value is -2.37. The van der Waals surface area contributed by atoms with Crippen LogP contribution in [0.15, 0.2) is 60.7 Å². The SMILES string of the molecule is CN(C)C1NC(=O)N(C)C2C1OC2(c1ccccc1)c1ccccc1. The van der Waals surface area contributed by atoms with Crippen LogP contribution in [0.3, 0.4) is 0 Å². The number of fused-ring (bicyclic) bond motifs is 1. The van der Waals surface area contributed by atoms with Crippen molar-refractivity contribution in [2.75, 3.05) is 21.1 Å². The molecule has 2 amide bonds. The third-order valence-electron chi connectivity index (χ3n) is 5.33. The van der Waals surface area contributed by atoms with Gasteiger partial charge in [-0.2, -0.15) is 0 Å². The molecule has 0 bridgehead atoms. The highest BCUT2D eigenvalue weighted by atomic mass is 16.5. The van der Waals surface area contributed by atoms with Crippen LogP contribution >= 0.6 is 0 Å². The molecule has 0 aromatic heterocycles. The Kier molecular flexibility index (Phi) is 3.78. The maximum Gasteiger partial charge on any atom is 0.318 e. The van der Waals surface area contributed by atoms with E-state index in [-0.39, 0.29) is 24.3 Å². The molecule has 130 valence electrons. The summed E-state index contributed by atoms with van der Waals surface area (Å²) < 4.78 is 6.60. The largest absolute Gasteiger partial charge is 0.354 e. The zero-order valence-corrected chi connectivity index (χ0v) is 14.7. The maximum absolute atomic E-state index is 12.6. The van der Waals surface area contributed by atoms with Gasteiger partial charge in [0.25, 0.3) is 0 Å². The van der Waals surface area contributed by atoms with Crippen molar-refractivity contribution in [3.63, 3.8) is 0 Å². The van der Waals surface area contributed by atoms with Crippen LogP contribution in [0.5, 0.6) is 0 Å². The van der Waals surface area contributed by atoms with Gasteiger partial charge in [-0.1, -0.05) is 60.7 Å². The molecule has 25 heavy (non-hydrogen) atoms. The van der Waals surface area contributed by atoms with Crippen molar-refractivity contribution in [2.45, 2.75) is 23.9 Å². The molecule has 2 aliphatic heterocycles.